The highest BCUT2D eigenvalue weighted by atomic mass is 19.4. The van der Waals surface area contributed by atoms with E-state index >= 15 is 0 Å². The molecule has 41 heavy (non-hydrogen) atoms. The van der Waals surface area contributed by atoms with Crippen molar-refractivity contribution in [2.75, 3.05) is 31.3 Å². The normalized spacial score (nSPS) is 11.7. The highest BCUT2D eigenvalue weighted by molar-refractivity contribution is 6.05. The van der Waals surface area contributed by atoms with Crippen molar-refractivity contribution in [2.45, 2.75) is 19.6 Å². The Kier molecular flexibility index (Phi) is 7.66. The molecule has 0 fully saturated rings. The summed E-state index contributed by atoms with van der Waals surface area (Å²) in [4.78, 5) is 28.8. The van der Waals surface area contributed by atoms with E-state index in [1.165, 1.54) is 12.1 Å². The fourth-order valence-electron chi connectivity index (χ4n) is 4.14. The number of aryl methyl sites for hydroxylation is 1. The number of hydrogen-bond acceptors (Lipinski definition) is 7. The Balaban J connectivity index is 1.49. The lowest BCUT2D eigenvalue weighted by molar-refractivity contribution is -0.137. The van der Waals surface area contributed by atoms with E-state index in [4.69, 9.17) is 9.97 Å². The number of anilines is 3. The molecule has 2 aromatic carbocycles. The summed E-state index contributed by atoms with van der Waals surface area (Å²) in [5.41, 5.74) is 2.25. The van der Waals surface area contributed by atoms with Crippen LogP contribution in [-0.2, 0) is 12.7 Å². The molecule has 12 heteroatoms. The number of benzene rings is 2. The minimum absolute atomic E-state index is 0.0451. The molecule has 3 aromatic heterocycles. The van der Waals surface area contributed by atoms with Crippen molar-refractivity contribution < 1.29 is 18.0 Å². The number of carbonyl (C=O) groups is 1. The monoisotopic (exact) mass is 560 g/mol. The molecule has 0 saturated carbocycles. The van der Waals surface area contributed by atoms with E-state index < -0.39 is 17.6 Å². The predicted molar refractivity (Wildman–Crippen MR) is 151 cm³/mol. The smallest absolute Gasteiger partial charge is 0.339 e. The Morgan fingerprint density at radius 1 is 1.02 bits per heavy atom. The molecule has 210 valence electrons. The van der Waals surface area contributed by atoms with E-state index in [0.717, 1.165) is 29.8 Å². The zero-order valence-electron chi connectivity index (χ0n) is 22.6. The number of rotatable bonds is 8. The summed E-state index contributed by atoms with van der Waals surface area (Å²) in [5.74, 6) is 0.395. The number of likely N-dealkylation sites (N-methyl/N-ethyl adjacent to an activating group) is 1. The van der Waals surface area contributed by atoms with Gasteiger partial charge in [-0.05, 0) is 69.0 Å². The van der Waals surface area contributed by atoms with Crippen LogP contribution < -0.4 is 10.6 Å². The molecule has 0 bridgehead atoms. The van der Waals surface area contributed by atoms with Crippen LogP contribution >= 0.6 is 0 Å². The van der Waals surface area contributed by atoms with Crippen LogP contribution in [0.5, 0.6) is 0 Å². The summed E-state index contributed by atoms with van der Waals surface area (Å²) in [6.45, 7) is 3.25. The maximum absolute atomic E-state index is 13.1. The second kappa shape index (κ2) is 11.3. The minimum atomic E-state index is -4.51. The molecule has 5 aromatic rings. The van der Waals surface area contributed by atoms with Crippen LogP contribution in [0.25, 0.3) is 22.4 Å². The van der Waals surface area contributed by atoms with Crippen LogP contribution in [0, 0.1) is 6.92 Å². The summed E-state index contributed by atoms with van der Waals surface area (Å²) in [6.07, 6.45) is 0.524. The largest absolute Gasteiger partial charge is 0.416 e. The zero-order chi connectivity index (χ0) is 29.1. The Bertz CT molecular complexity index is 1700. The van der Waals surface area contributed by atoms with Gasteiger partial charge in [0.05, 0.1) is 23.7 Å². The topological polar surface area (TPSA) is 101 Å². The van der Waals surface area contributed by atoms with E-state index in [9.17, 15) is 18.0 Å². The summed E-state index contributed by atoms with van der Waals surface area (Å²) in [7, 11) is 3.96. The number of carbonyl (C=O) groups excluding carboxylic acids is 1. The van der Waals surface area contributed by atoms with Crippen LogP contribution in [0.3, 0.4) is 0 Å². The van der Waals surface area contributed by atoms with E-state index in [2.05, 4.69) is 25.6 Å². The van der Waals surface area contributed by atoms with Gasteiger partial charge in [-0.25, -0.2) is 14.6 Å². The van der Waals surface area contributed by atoms with E-state index in [1.807, 2.05) is 31.8 Å². The van der Waals surface area contributed by atoms with E-state index in [0.29, 0.717) is 34.9 Å². The van der Waals surface area contributed by atoms with Gasteiger partial charge in [-0.15, -0.1) is 0 Å². The Morgan fingerprint density at radius 3 is 2.59 bits per heavy atom. The van der Waals surface area contributed by atoms with Crippen molar-refractivity contribution >= 4 is 34.1 Å². The van der Waals surface area contributed by atoms with Crippen molar-refractivity contribution in [3.05, 3.63) is 89.9 Å². The SMILES string of the molecule is Cc1ccc(C(=O)Nc2cccc(C(F)(F)F)c2)cc1Nc1nc(-c2cccnc2)nc2c1cnn2CCN(C)C. The predicted octanol–water partition coefficient (Wildman–Crippen LogP) is 5.77. The van der Waals surface area contributed by atoms with Crippen LogP contribution in [0.15, 0.2) is 73.2 Å². The summed E-state index contributed by atoms with van der Waals surface area (Å²) in [6, 6.07) is 13.2. The molecular formula is C29H27F3N8O. The molecule has 5 rings (SSSR count). The number of halogens is 3. The third kappa shape index (κ3) is 6.33. The lowest BCUT2D eigenvalue weighted by Gasteiger charge is -2.14. The fraction of sp³-hybridized carbons (Fsp3) is 0.207. The molecule has 0 atom stereocenters. The summed E-state index contributed by atoms with van der Waals surface area (Å²) < 4.78 is 41.2. The van der Waals surface area contributed by atoms with Crippen LogP contribution in [-0.4, -0.2) is 56.2 Å². The van der Waals surface area contributed by atoms with Crippen LogP contribution in [0.2, 0.25) is 0 Å². The molecular weight excluding hydrogens is 533 g/mol. The fourth-order valence-corrected chi connectivity index (χ4v) is 4.14. The van der Waals surface area contributed by atoms with Crippen molar-refractivity contribution in [2.24, 2.45) is 0 Å². The highest BCUT2D eigenvalue weighted by Crippen LogP contribution is 2.32. The standard InChI is InChI=1S/C29H27F3N8O/c1-18-9-10-19(28(41)35-22-8-4-7-21(15-22)29(30,31)32)14-24(18)36-26-23-17-34-40(13-12-39(2)3)27(23)38-25(37-26)20-6-5-11-33-16-20/h4-11,14-17H,12-13H2,1-3H3,(H,35,41)(H,36,37,38). The van der Waals surface area contributed by atoms with Gasteiger partial charge in [0.2, 0.25) is 0 Å². The first-order valence-corrected chi connectivity index (χ1v) is 12.7. The van der Waals surface area contributed by atoms with Crippen molar-refractivity contribution in [3.8, 4) is 11.4 Å². The average molecular weight is 561 g/mol. The molecule has 0 saturated heterocycles. The van der Waals surface area contributed by atoms with Gasteiger partial charge in [0.25, 0.3) is 5.91 Å². The van der Waals surface area contributed by atoms with Gasteiger partial charge in [-0.2, -0.15) is 18.3 Å². The first kappa shape index (κ1) is 27.7. The minimum Gasteiger partial charge on any atom is -0.339 e. The molecule has 9 nitrogen and oxygen atoms in total. The van der Waals surface area contributed by atoms with Gasteiger partial charge in [0.15, 0.2) is 11.5 Å². The number of hydrogen-bond donors (Lipinski definition) is 2. The maximum Gasteiger partial charge on any atom is 0.416 e. The quantitative estimate of drug-likeness (QED) is 0.248. The highest BCUT2D eigenvalue weighted by Gasteiger charge is 2.30. The molecule has 0 spiro atoms. The third-order valence-electron chi connectivity index (χ3n) is 6.38. The number of nitrogens with zero attached hydrogens (tertiary/aromatic N) is 6. The van der Waals surface area contributed by atoms with Gasteiger partial charge < -0.3 is 15.5 Å². The lowest BCUT2D eigenvalue weighted by atomic mass is 10.1. The number of pyridine rings is 1. The lowest BCUT2D eigenvalue weighted by Crippen LogP contribution is -2.19. The number of fused-ring (bicyclic) bond motifs is 1. The molecule has 0 radical (unpaired) electrons. The number of alkyl halides is 3. The first-order chi connectivity index (χ1) is 19.6. The molecule has 0 aliphatic heterocycles. The van der Waals surface area contributed by atoms with Crippen molar-refractivity contribution in [1.82, 2.24) is 29.6 Å². The average Bonchev–Trinajstić information content (AvgIpc) is 3.36. The van der Waals surface area contributed by atoms with Gasteiger partial charge >= 0.3 is 6.18 Å². The zero-order valence-corrected chi connectivity index (χ0v) is 22.6. The molecule has 0 aliphatic rings. The van der Waals surface area contributed by atoms with Gasteiger partial charge in [-0.1, -0.05) is 12.1 Å². The Morgan fingerprint density at radius 2 is 1.85 bits per heavy atom. The Hall–Kier alpha value is -4.84. The van der Waals surface area contributed by atoms with Crippen LogP contribution in [0.4, 0.5) is 30.4 Å². The molecule has 0 aliphatic carbocycles. The molecule has 1 amide bonds. The summed E-state index contributed by atoms with van der Waals surface area (Å²) in [5, 5.41) is 11.1. The van der Waals surface area contributed by atoms with Crippen molar-refractivity contribution in [3.63, 3.8) is 0 Å². The van der Waals surface area contributed by atoms with Gasteiger partial charge in [0.1, 0.15) is 5.82 Å². The molecule has 0 unspecified atom stereocenters. The number of aromatic nitrogens is 5. The summed E-state index contributed by atoms with van der Waals surface area (Å²) >= 11 is 0. The third-order valence-corrected chi connectivity index (χ3v) is 6.38. The maximum atomic E-state index is 13.1. The van der Waals surface area contributed by atoms with Crippen molar-refractivity contribution in [1.29, 1.82) is 0 Å². The Labute approximate surface area is 234 Å². The van der Waals surface area contributed by atoms with E-state index in [1.54, 1.807) is 42.9 Å². The van der Waals surface area contributed by atoms with Gasteiger partial charge in [-0.3, -0.25) is 9.78 Å². The first-order valence-electron chi connectivity index (χ1n) is 12.7. The number of nitrogens with one attached hydrogen (secondary N) is 2. The second-order valence-electron chi connectivity index (χ2n) is 9.73. The molecule has 3 heterocycles. The second-order valence-corrected chi connectivity index (χ2v) is 9.73. The van der Waals surface area contributed by atoms with Crippen LogP contribution in [0.1, 0.15) is 21.5 Å². The number of amides is 1. The van der Waals surface area contributed by atoms with E-state index in [-0.39, 0.29) is 11.3 Å². The molecule has 2 N–H and O–H groups in total. The van der Waals surface area contributed by atoms with Gasteiger partial charge in [0, 0.05) is 41.4 Å².